The number of nitrogens with zero attached hydrogens (tertiary/aromatic N) is 1. The first-order valence-corrected chi connectivity index (χ1v) is 4.20. The van der Waals surface area contributed by atoms with Crippen molar-refractivity contribution in [3.05, 3.63) is 10.1 Å². The molecule has 0 aromatic heterocycles. The van der Waals surface area contributed by atoms with Gasteiger partial charge in [0, 0.05) is 13.0 Å². The minimum absolute atomic E-state index is 0.0244. The molecule has 0 aliphatic rings. The van der Waals surface area contributed by atoms with Gasteiger partial charge in [0.2, 0.25) is 5.91 Å². The third-order valence-corrected chi connectivity index (χ3v) is 1.37. The summed E-state index contributed by atoms with van der Waals surface area (Å²) in [6.45, 7) is 2.52. The van der Waals surface area contributed by atoms with Crippen LogP contribution in [0.4, 0.5) is 0 Å². The molecule has 6 nitrogen and oxygen atoms in total. The fraction of sp³-hybridized carbons (Fsp3) is 0.857. The lowest BCUT2D eigenvalue weighted by Crippen LogP contribution is -2.22. The zero-order valence-electron chi connectivity index (χ0n) is 7.62. The molecular weight excluding hydrogens is 176 g/mol. The van der Waals surface area contributed by atoms with E-state index in [9.17, 15) is 14.9 Å². The van der Waals surface area contributed by atoms with Crippen LogP contribution in [0.3, 0.4) is 0 Å². The van der Waals surface area contributed by atoms with Crippen LogP contribution < -0.4 is 5.32 Å². The maximum Gasteiger partial charge on any atom is 0.294 e. The van der Waals surface area contributed by atoms with E-state index in [4.69, 9.17) is 0 Å². The summed E-state index contributed by atoms with van der Waals surface area (Å²) in [6.07, 6.45) is 1.53. The third kappa shape index (κ3) is 8.58. The first-order chi connectivity index (χ1) is 6.16. The number of carbonyl (C=O) groups excluding carboxylic acids is 1. The summed E-state index contributed by atoms with van der Waals surface area (Å²) in [6, 6.07) is 0. The molecule has 0 spiro atoms. The number of carbonyl (C=O) groups is 1. The van der Waals surface area contributed by atoms with E-state index in [1.807, 2.05) is 6.92 Å². The van der Waals surface area contributed by atoms with Crippen molar-refractivity contribution in [1.29, 1.82) is 0 Å². The molecule has 0 saturated heterocycles. The lowest BCUT2D eigenvalue weighted by Gasteiger charge is -2.01. The van der Waals surface area contributed by atoms with Crippen LogP contribution in [0.15, 0.2) is 0 Å². The molecule has 0 aliphatic carbocycles. The summed E-state index contributed by atoms with van der Waals surface area (Å²) in [7, 11) is 0. The van der Waals surface area contributed by atoms with Gasteiger partial charge in [0.15, 0.2) is 0 Å². The van der Waals surface area contributed by atoms with Gasteiger partial charge in [0.05, 0.1) is 6.61 Å². The molecule has 0 bridgehead atoms. The first-order valence-electron chi connectivity index (χ1n) is 4.20. The molecule has 13 heavy (non-hydrogen) atoms. The molecule has 76 valence electrons. The Hall–Kier alpha value is -1.33. The van der Waals surface area contributed by atoms with Gasteiger partial charge in [-0.3, -0.25) is 4.79 Å². The number of nitrogens with one attached hydrogen (secondary N) is 1. The molecule has 0 saturated carbocycles. The Kier molecular flexibility index (Phi) is 6.58. The van der Waals surface area contributed by atoms with E-state index in [-0.39, 0.29) is 12.5 Å². The van der Waals surface area contributed by atoms with Crippen molar-refractivity contribution < 1.29 is 14.7 Å². The van der Waals surface area contributed by atoms with E-state index in [1.54, 1.807) is 0 Å². The summed E-state index contributed by atoms with van der Waals surface area (Å²) in [5, 5.41) is 11.5. The Morgan fingerprint density at radius 1 is 1.54 bits per heavy atom. The SMILES string of the molecule is CCNC(=O)CCCCO[N+](=O)[O-]. The fourth-order valence-corrected chi connectivity index (χ4v) is 0.812. The van der Waals surface area contributed by atoms with Crippen LogP contribution >= 0.6 is 0 Å². The molecule has 0 unspecified atom stereocenters. The number of unbranched alkanes of at least 4 members (excludes halogenated alkanes) is 1. The summed E-state index contributed by atoms with van der Waals surface area (Å²) in [4.78, 5) is 24.6. The van der Waals surface area contributed by atoms with Crippen LogP contribution in [-0.2, 0) is 9.63 Å². The minimum atomic E-state index is -0.827. The van der Waals surface area contributed by atoms with Gasteiger partial charge in [0.1, 0.15) is 0 Å². The molecule has 0 rings (SSSR count). The Labute approximate surface area is 76.4 Å². The van der Waals surface area contributed by atoms with Crippen LogP contribution in [0.2, 0.25) is 0 Å². The van der Waals surface area contributed by atoms with Crippen LogP contribution in [-0.4, -0.2) is 24.1 Å². The van der Waals surface area contributed by atoms with Crippen molar-refractivity contribution in [2.45, 2.75) is 26.2 Å². The zero-order valence-corrected chi connectivity index (χ0v) is 7.62. The van der Waals surface area contributed by atoms with Gasteiger partial charge < -0.3 is 10.2 Å². The van der Waals surface area contributed by atoms with Crippen molar-refractivity contribution in [1.82, 2.24) is 5.32 Å². The highest BCUT2D eigenvalue weighted by atomic mass is 16.9. The van der Waals surface area contributed by atoms with E-state index in [2.05, 4.69) is 10.2 Å². The quantitative estimate of drug-likeness (QED) is 0.360. The van der Waals surface area contributed by atoms with Gasteiger partial charge >= 0.3 is 0 Å². The van der Waals surface area contributed by atoms with E-state index in [0.29, 0.717) is 25.8 Å². The molecule has 0 fully saturated rings. The Morgan fingerprint density at radius 3 is 2.77 bits per heavy atom. The van der Waals surface area contributed by atoms with E-state index >= 15 is 0 Å². The Morgan fingerprint density at radius 2 is 2.23 bits per heavy atom. The summed E-state index contributed by atoms with van der Waals surface area (Å²) >= 11 is 0. The minimum Gasteiger partial charge on any atom is -0.356 e. The number of hydrogen-bond acceptors (Lipinski definition) is 4. The molecule has 1 amide bonds. The Balaban J connectivity index is 3.16. The first kappa shape index (κ1) is 11.7. The topological polar surface area (TPSA) is 81.5 Å². The largest absolute Gasteiger partial charge is 0.356 e. The number of rotatable bonds is 7. The summed E-state index contributed by atoms with van der Waals surface area (Å²) in [5.41, 5.74) is 0. The highest BCUT2D eigenvalue weighted by Gasteiger charge is 1.99. The molecule has 0 aromatic rings. The maximum absolute atomic E-state index is 10.9. The predicted octanol–water partition coefficient (Wildman–Crippen LogP) is 0.501. The average Bonchev–Trinajstić information content (AvgIpc) is 2.03. The normalized spacial score (nSPS) is 9.31. The van der Waals surface area contributed by atoms with Crippen molar-refractivity contribution in [2.24, 2.45) is 0 Å². The molecule has 6 heteroatoms. The standard InChI is InChI=1S/C7H14N2O4/c1-2-8-7(10)5-3-4-6-13-9(11)12/h2-6H2,1H3,(H,8,10). The molecule has 0 heterocycles. The van der Waals surface area contributed by atoms with E-state index in [1.165, 1.54) is 0 Å². The summed E-state index contributed by atoms with van der Waals surface area (Å²) in [5.74, 6) is -0.0244. The van der Waals surface area contributed by atoms with Crippen molar-refractivity contribution in [3.63, 3.8) is 0 Å². The van der Waals surface area contributed by atoms with Crippen LogP contribution in [0.5, 0.6) is 0 Å². The monoisotopic (exact) mass is 190 g/mol. The van der Waals surface area contributed by atoms with Crippen molar-refractivity contribution >= 4 is 5.91 Å². The molecular formula is C7H14N2O4. The van der Waals surface area contributed by atoms with Crippen molar-refractivity contribution in [3.8, 4) is 0 Å². The second-order valence-corrected chi connectivity index (χ2v) is 2.47. The molecule has 0 atom stereocenters. The van der Waals surface area contributed by atoms with Gasteiger partial charge in [-0.2, -0.15) is 0 Å². The van der Waals surface area contributed by atoms with E-state index in [0.717, 1.165) is 0 Å². The van der Waals surface area contributed by atoms with Gasteiger partial charge in [-0.05, 0) is 19.8 Å². The highest BCUT2D eigenvalue weighted by Crippen LogP contribution is 1.95. The average molecular weight is 190 g/mol. The van der Waals surface area contributed by atoms with Crippen LogP contribution in [0.1, 0.15) is 26.2 Å². The molecule has 0 aliphatic heterocycles. The molecule has 0 aromatic carbocycles. The number of hydrogen-bond donors (Lipinski definition) is 1. The highest BCUT2D eigenvalue weighted by molar-refractivity contribution is 5.75. The van der Waals surface area contributed by atoms with E-state index < -0.39 is 5.09 Å². The smallest absolute Gasteiger partial charge is 0.294 e. The maximum atomic E-state index is 10.9. The molecule has 1 N–H and O–H groups in total. The van der Waals surface area contributed by atoms with Gasteiger partial charge in [0.25, 0.3) is 5.09 Å². The van der Waals surface area contributed by atoms with Crippen LogP contribution in [0.25, 0.3) is 0 Å². The molecule has 0 radical (unpaired) electrons. The zero-order chi connectivity index (χ0) is 10.1. The van der Waals surface area contributed by atoms with Gasteiger partial charge in [-0.1, -0.05) is 0 Å². The van der Waals surface area contributed by atoms with Gasteiger partial charge in [-0.25, -0.2) is 0 Å². The lowest BCUT2D eigenvalue weighted by molar-refractivity contribution is -0.757. The van der Waals surface area contributed by atoms with Crippen molar-refractivity contribution in [2.75, 3.05) is 13.2 Å². The third-order valence-electron chi connectivity index (χ3n) is 1.37. The lowest BCUT2D eigenvalue weighted by atomic mass is 10.2. The number of amides is 1. The fourth-order valence-electron chi connectivity index (χ4n) is 0.812. The predicted molar refractivity (Wildman–Crippen MR) is 45.5 cm³/mol. The van der Waals surface area contributed by atoms with Crippen LogP contribution in [0, 0.1) is 10.1 Å². The second kappa shape index (κ2) is 7.33. The van der Waals surface area contributed by atoms with Gasteiger partial charge in [-0.15, -0.1) is 10.1 Å². The Bertz CT molecular complexity index is 172. The summed E-state index contributed by atoms with van der Waals surface area (Å²) < 4.78 is 0. The second-order valence-electron chi connectivity index (χ2n) is 2.47.